The lowest BCUT2D eigenvalue weighted by atomic mass is 9.85. The molecule has 1 saturated carbocycles. The smallest absolute Gasteiger partial charge is 0.251 e. The van der Waals surface area contributed by atoms with Crippen molar-refractivity contribution in [1.29, 1.82) is 0 Å². The summed E-state index contributed by atoms with van der Waals surface area (Å²) < 4.78 is 16.4. The summed E-state index contributed by atoms with van der Waals surface area (Å²) in [5, 5.41) is 3.20. The van der Waals surface area contributed by atoms with Crippen molar-refractivity contribution < 1.29 is 19.0 Å². The fraction of sp³-hybridized carbons (Fsp3) is 0.391. The zero-order valence-corrected chi connectivity index (χ0v) is 16.9. The number of imidazole rings is 1. The Morgan fingerprint density at radius 2 is 2.00 bits per heavy atom. The number of ether oxygens (including phenoxy) is 3. The van der Waals surface area contributed by atoms with E-state index in [0.717, 1.165) is 48.3 Å². The molecule has 156 valence electrons. The standard InChI is InChI=1S/C23H25N3O4/c1-28-17-6-7-18-19(13-17)26-22(25-18)14-3-2-4-16(11-14)24-23(27)15-5-8-20-21(12-15)30-10-9-29-20/h5-8,12-14,16H,2-4,9-11H2,1H3,(H,24,27)(H,25,26)/t14-,16?/m1/s1. The second kappa shape index (κ2) is 7.89. The third-order valence-electron chi connectivity index (χ3n) is 5.91. The van der Waals surface area contributed by atoms with Crippen LogP contribution in [0.4, 0.5) is 0 Å². The largest absolute Gasteiger partial charge is 0.497 e. The molecule has 1 aliphatic heterocycles. The van der Waals surface area contributed by atoms with E-state index in [0.29, 0.717) is 36.2 Å². The zero-order valence-electron chi connectivity index (χ0n) is 16.9. The van der Waals surface area contributed by atoms with Crippen LogP contribution in [-0.4, -0.2) is 42.2 Å². The molecule has 0 spiro atoms. The quantitative estimate of drug-likeness (QED) is 0.687. The summed E-state index contributed by atoms with van der Waals surface area (Å²) in [6.45, 7) is 1.04. The number of amides is 1. The summed E-state index contributed by atoms with van der Waals surface area (Å²) in [6, 6.07) is 11.3. The summed E-state index contributed by atoms with van der Waals surface area (Å²) in [5.74, 6) is 3.32. The molecule has 30 heavy (non-hydrogen) atoms. The van der Waals surface area contributed by atoms with Crippen LogP contribution >= 0.6 is 0 Å². The molecule has 1 fully saturated rings. The number of carbonyl (C=O) groups excluding carboxylic acids is 1. The summed E-state index contributed by atoms with van der Waals surface area (Å²) in [7, 11) is 1.66. The van der Waals surface area contributed by atoms with Crippen LogP contribution in [-0.2, 0) is 0 Å². The van der Waals surface area contributed by atoms with Crippen molar-refractivity contribution >= 4 is 16.9 Å². The van der Waals surface area contributed by atoms with E-state index in [1.165, 1.54) is 0 Å². The van der Waals surface area contributed by atoms with Gasteiger partial charge < -0.3 is 24.5 Å². The number of benzene rings is 2. The highest BCUT2D eigenvalue weighted by Gasteiger charge is 2.27. The third kappa shape index (κ3) is 3.67. The Hall–Kier alpha value is -3.22. The van der Waals surface area contributed by atoms with Crippen molar-refractivity contribution in [3.8, 4) is 17.2 Å². The molecule has 2 N–H and O–H groups in total. The maximum Gasteiger partial charge on any atom is 0.251 e. The number of hydrogen-bond acceptors (Lipinski definition) is 5. The van der Waals surface area contributed by atoms with Crippen LogP contribution in [0.1, 0.15) is 47.8 Å². The maximum absolute atomic E-state index is 12.8. The van der Waals surface area contributed by atoms with Gasteiger partial charge in [-0.1, -0.05) is 6.42 Å². The van der Waals surface area contributed by atoms with Crippen LogP contribution in [0.2, 0.25) is 0 Å². The average molecular weight is 407 g/mol. The molecule has 2 atom stereocenters. The second-order valence-electron chi connectivity index (χ2n) is 7.90. The summed E-state index contributed by atoms with van der Waals surface area (Å²) in [6.07, 6.45) is 3.96. The molecule has 2 aliphatic rings. The lowest BCUT2D eigenvalue weighted by Crippen LogP contribution is -2.38. The number of nitrogens with zero attached hydrogens (tertiary/aromatic N) is 1. The van der Waals surface area contributed by atoms with Gasteiger partial charge in [-0.15, -0.1) is 0 Å². The molecule has 1 aromatic heterocycles. The molecule has 2 aromatic carbocycles. The van der Waals surface area contributed by atoms with Gasteiger partial charge in [-0.05, 0) is 49.6 Å². The lowest BCUT2D eigenvalue weighted by Gasteiger charge is -2.29. The van der Waals surface area contributed by atoms with E-state index >= 15 is 0 Å². The van der Waals surface area contributed by atoms with Crippen molar-refractivity contribution in [2.24, 2.45) is 0 Å². The number of rotatable bonds is 4. The van der Waals surface area contributed by atoms with Crippen molar-refractivity contribution in [2.45, 2.75) is 37.6 Å². The number of aromatic amines is 1. The number of carbonyl (C=O) groups is 1. The fourth-order valence-electron chi connectivity index (χ4n) is 4.35. The molecule has 0 saturated heterocycles. The monoisotopic (exact) mass is 407 g/mol. The molecule has 7 heteroatoms. The van der Waals surface area contributed by atoms with E-state index < -0.39 is 0 Å². The molecule has 1 amide bonds. The summed E-state index contributed by atoms with van der Waals surface area (Å²) >= 11 is 0. The Kier molecular flexibility index (Phi) is 4.94. The van der Waals surface area contributed by atoms with Crippen LogP contribution in [0, 0.1) is 0 Å². The predicted molar refractivity (Wildman–Crippen MR) is 113 cm³/mol. The molecule has 1 unspecified atom stereocenters. The SMILES string of the molecule is COc1ccc2[nH]c([C@@H]3CCCC(NC(=O)c4ccc5c(c4)OCCO5)C3)nc2c1. The van der Waals surface area contributed by atoms with Crippen molar-refractivity contribution in [1.82, 2.24) is 15.3 Å². The Morgan fingerprint density at radius 3 is 2.87 bits per heavy atom. The van der Waals surface area contributed by atoms with Gasteiger partial charge in [-0.25, -0.2) is 4.98 Å². The van der Waals surface area contributed by atoms with Crippen LogP contribution in [0.3, 0.4) is 0 Å². The number of fused-ring (bicyclic) bond motifs is 2. The van der Waals surface area contributed by atoms with Gasteiger partial charge >= 0.3 is 0 Å². The topological polar surface area (TPSA) is 85.5 Å². The van der Waals surface area contributed by atoms with Gasteiger partial charge in [0, 0.05) is 23.6 Å². The Balaban J connectivity index is 1.28. The van der Waals surface area contributed by atoms with Crippen molar-refractivity contribution in [2.75, 3.05) is 20.3 Å². The molecule has 5 rings (SSSR count). The Morgan fingerprint density at radius 1 is 1.13 bits per heavy atom. The molecular formula is C23H25N3O4. The minimum Gasteiger partial charge on any atom is -0.497 e. The predicted octanol–water partition coefficient (Wildman–Crippen LogP) is 3.80. The van der Waals surface area contributed by atoms with Gasteiger partial charge in [0.2, 0.25) is 0 Å². The average Bonchev–Trinajstić information content (AvgIpc) is 3.22. The van der Waals surface area contributed by atoms with Crippen LogP contribution in [0.25, 0.3) is 11.0 Å². The number of methoxy groups -OCH3 is 1. The molecular weight excluding hydrogens is 382 g/mol. The van der Waals surface area contributed by atoms with Gasteiger partial charge in [-0.3, -0.25) is 4.79 Å². The highest BCUT2D eigenvalue weighted by atomic mass is 16.6. The Bertz CT molecular complexity index is 1080. The van der Waals surface area contributed by atoms with Gasteiger partial charge in [0.05, 0.1) is 18.1 Å². The van der Waals surface area contributed by atoms with Gasteiger partial charge in [0.15, 0.2) is 11.5 Å². The molecule has 3 aromatic rings. The van der Waals surface area contributed by atoms with Gasteiger partial charge in [0.1, 0.15) is 24.8 Å². The molecule has 1 aliphatic carbocycles. The first-order valence-corrected chi connectivity index (χ1v) is 10.4. The van der Waals surface area contributed by atoms with Crippen LogP contribution < -0.4 is 19.5 Å². The number of nitrogens with one attached hydrogen (secondary N) is 2. The van der Waals surface area contributed by atoms with E-state index in [1.807, 2.05) is 18.2 Å². The first-order chi connectivity index (χ1) is 14.7. The van der Waals surface area contributed by atoms with E-state index in [2.05, 4.69) is 10.3 Å². The number of aromatic nitrogens is 2. The lowest BCUT2D eigenvalue weighted by molar-refractivity contribution is 0.0923. The number of H-pyrrole nitrogens is 1. The normalized spacial score (nSPS) is 20.7. The molecule has 7 nitrogen and oxygen atoms in total. The van der Waals surface area contributed by atoms with E-state index in [1.54, 1.807) is 25.3 Å². The second-order valence-corrected chi connectivity index (χ2v) is 7.90. The Labute approximate surface area is 174 Å². The molecule has 0 radical (unpaired) electrons. The zero-order chi connectivity index (χ0) is 20.5. The molecule has 0 bridgehead atoms. The maximum atomic E-state index is 12.8. The third-order valence-corrected chi connectivity index (χ3v) is 5.91. The van der Waals surface area contributed by atoms with Gasteiger partial charge in [-0.2, -0.15) is 0 Å². The summed E-state index contributed by atoms with van der Waals surface area (Å²) in [5.41, 5.74) is 2.51. The highest BCUT2D eigenvalue weighted by Crippen LogP contribution is 2.34. The summed E-state index contributed by atoms with van der Waals surface area (Å²) in [4.78, 5) is 21.0. The van der Waals surface area contributed by atoms with Crippen LogP contribution in [0.15, 0.2) is 36.4 Å². The van der Waals surface area contributed by atoms with Gasteiger partial charge in [0.25, 0.3) is 5.91 Å². The van der Waals surface area contributed by atoms with E-state index in [-0.39, 0.29) is 11.9 Å². The molecule has 2 heterocycles. The highest BCUT2D eigenvalue weighted by molar-refractivity contribution is 5.95. The van der Waals surface area contributed by atoms with Crippen molar-refractivity contribution in [3.05, 3.63) is 47.8 Å². The van der Waals surface area contributed by atoms with Crippen molar-refractivity contribution in [3.63, 3.8) is 0 Å². The van der Waals surface area contributed by atoms with E-state index in [4.69, 9.17) is 19.2 Å². The minimum absolute atomic E-state index is 0.0769. The first kappa shape index (κ1) is 18.8. The first-order valence-electron chi connectivity index (χ1n) is 10.4. The van der Waals surface area contributed by atoms with E-state index in [9.17, 15) is 4.79 Å². The fourth-order valence-corrected chi connectivity index (χ4v) is 4.35. The number of hydrogen-bond donors (Lipinski definition) is 2. The minimum atomic E-state index is -0.0769. The van der Waals surface area contributed by atoms with Crippen LogP contribution in [0.5, 0.6) is 17.2 Å².